The van der Waals surface area contributed by atoms with Crippen molar-refractivity contribution in [1.29, 1.82) is 0 Å². The zero-order chi connectivity index (χ0) is 20.5. The molecule has 3 heterocycles. The number of fused-ring (bicyclic) bond motifs is 1. The second kappa shape index (κ2) is 8.08. The number of carbonyl (C=O) groups is 1. The molecule has 0 spiro atoms. The van der Waals surface area contributed by atoms with Crippen LogP contribution in [-0.2, 0) is 9.53 Å². The lowest BCUT2D eigenvalue weighted by Gasteiger charge is -2.37. The number of benzene rings is 1. The van der Waals surface area contributed by atoms with E-state index >= 15 is 0 Å². The van der Waals surface area contributed by atoms with Crippen molar-refractivity contribution in [2.75, 3.05) is 19.7 Å². The highest BCUT2D eigenvalue weighted by Gasteiger charge is 2.36. The van der Waals surface area contributed by atoms with E-state index in [2.05, 4.69) is 10.1 Å². The minimum atomic E-state index is -0.540. The number of hydrogen-bond donors (Lipinski definition) is 1. The summed E-state index contributed by atoms with van der Waals surface area (Å²) in [6, 6.07) is 6.00. The Labute approximate surface area is 171 Å². The van der Waals surface area contributed by atoms with Crippen LogP contribution in [0.25, 0.3) is 4.96 Å². The number of thiazole rings is 1. The molecule has 29 heavy (non-hydrogen) atoms. The van der Waals surface area contributed by atoms with Gasteiger partial charge in [-0.2, -0.15) is 4.52 Å². The fourth-order valence-corrected chi connectivity index (χ4v) is 5.07. The summed E-state index contributed by atoms with van der Waals surface area (Å²) in [6.45, 7) is 4.99. The number of rotatable bonds is 5. The second-order valence-corrected chi connectivity index (χ2v) is 8.16. The third-order valence-electron chi connectivity index (χ3n) is 5.19. The van der Waals surface area contributed by atoms with Crippen LogP contribution >= 0.6 is 11.3 Å². The maximum atomic E-state index is 14.8. The molecule has 2 aromatic heterocycles. The van der Waals surface area contributed by atoms with Gasteiger partial charge in [-0.3, -0.25) is 9.69 Å². The summed E-state index contributed by atoms with van der Waals surface area (Å²) in [5, 5.41) is 15.1. The van der Waals surface area contributed by atoms with E-state index in [0.717, 1.165) is 12.8 Å². The number of piperidine rings is 1. The van der Waals surface area contributed by atoms with Gasteiger partial charge in [-0.1, -0.05) is 29.5 Å². The molecule has 0 saturated carbocycles. The fourth-order valence-electron chi connectivity index (χ4n) is 3.92. The van der Waals surface area contributed by atoms with Crippen molar-refractivity contribution in [3.8, 4) is 5.88 Å². The Morgan fingerprint density at radius 2 is 2.24 bits per heavy atom. The molecule has 1 aliphatic rings. The van der Waals surface area contributed by atoms with Crippen LogP contribution in [-0.4, -0.2) is 50.3 Å². The van der Waals surface area contributed by atoms with E-state index in [1.807, 2.05) is 4.90 Å². The number of ether oxygens (including phenoxy) is 1. The average molecular weight is 418 g/mol. The Balaban J connectivity index is 1.76. The van der Waals surface area contributed by atoms with Crippen LogP contribution in [0.5, 0.6) is 5.88 Å². The summed E-state index contributed by atoms with van der Waals surface area (Å²) in [4.78, 5) is 19.8. The molecule has 1 N–H and O–H groups in total. The van der Waals surface area contributed by atoms with Gasteiger partial charge in [0.25, 0.3) is 0 Å². The quantitative estimate of drug-likeness (QED) is 0.641. The Kier molecular flexibility index (Phi) is 5.51. The Morgan fingerprint density at radius 3 is 2.97 bits per heavy atom. The zero-order valence-electron chi connectivity index (χ0n) is 16.3. The van der Waals surface area contributed by atoms with Gasteiger partial charge in [-0.25, -0.2) is 9.37 Å². The number of aromatic hydroxyl groups is 1. The van der Waals surface area contributed by atoms with Crippen molar-refractivity contribution in [3.05, 3.63) is 46.3 Å². The van der Waals surface area contributed by atoms with E-state index in [1.165, 1.54) is 21.9 Å². The maximum Gasteiger partial charge on any atom is 0.310 e. The van der Waals surface area contributed by atoms with Crippen LogP contribution in [0.1, 0.15) is 42.1 Å². The van der Waals surface area contributed by atoms with Gasteiger partial charge < -0.3 is 9.84 Å². The first-order valence-electron chi connectivity index (χ1n) is 9.69. The monoisotopic (exact) mass is 418 g/mol. The summed E-state index contributed by atoms with van der Waals surface area (Å²) in [5.74, 6) is -0.347. The van der Waals surface area contributed by atoms with Crippen molar-refractivity contribution < 1.29 is 19.0 Å². The van der Waals surface area contributed by atoms with Crippen LogP contribution in [0.3, 0.4) is 0 Å². The van der Waals surface area contributed by atoms with Crippen molar-refractivity contribution in [3.63, 3.8) is 0 Å². The summed E-state index contributed by atoms with van der Waals surface area (Å²) >= 11 is 1.28. The van der Waals surface area contributed by atoms with Crippen LogP contribution in [0, 0.1) is 18.7 Å². The van der Waals surface area contributed by atoms with Crippen molar-refractivity contribution in [1.82, 2.24) is 19.5 Å². The smallest absolute Gasteiger partial charge is 0.310 e. The highest BCUT2D eigenvalue weighted by atomic mass is 32.1. The van der Waals surface area contributed by atoms with Crippen LogP contribution in [0.2, 0.25) is 0 Å². The molecule has 2 atom stereocenters. The highest BCUT2D eigenvalue weighted by Crippen LogP contribution is 2.42. The lowest BCUT2D eigenvalue weighted by atomic mass is 9.94. The summed E-state index contributed by atoms with van der Waals surface area (Å²) in [5.41, 5.74) is 0.452. The first kappa shape index (κ1) is 19.8. The molecule has 1 aromatic carbocycles. The van der Waals surface area contributed by atoms with E-state index < -0.39 is 6.04 Å². The number of halogens is 1. The first-order chi connectivity index (χ1) is 14.0. The molecule has 1 fully saturated rings. The predicted octanol–water partition coefficient (Wildman–Crippen LogP) is 3.31. The van der Waals surface area contributed by atoms with Crippen LogP contribution in [0.4, 0.5) is 4.39 Å². The van der Waals surface area contributed by atoms with Gasteiger partial charge >= 0.3 is 5.97 Å². The van der Waals surface area contributed by atoms with Crippen molar-refractivity contribution >= 4 is 22.3 Å². The van der Waals surface area contributed by atoms with Gasteiger partial charge in [0.1, 0.15) is 11.6 Å². The number of aryl methyl sites for hydroxylation is 1. The molecule has 3 aromatic rings. The lowest BCUT2D eigenvalue weighted by Crippen LogP contribution is -2.41. The second-order valence-electron chi connectivity index (χ2n) is 7.15. The van der Waals surface area contributed by atoms with E-state index in [9.17, 15) is 14.3 Å². The molecule has 0 aliphatic carbocycles. The van der Waals surface area contributed by atoms with Gasteiger partial charge in [-0.15, -0.1) is 5.10 Å². The van der Waals surface area contributed by atoms with Crippen LogP contribution < -0.4 is 0 Å². The van der Waals surface area contributed by atoms with E-state index in [4.69, 9.17) is 4.74 Å². The van der Waals surface area contributed by atoms with Crippen LogP contribution in [0.15, 0.2) is 24.3 Å². The van der Waals surface area contributed by atoms with Crippen molar-refractivity contribution in [2.24, 2.45) is 5.92 Å². The Hall–Kier alpha value is -2.52. The van der Waals surface area contributed by atoms with Gasteiger partial charge in [0, 0.05) is 12.1 Å². The van der Waals surface area contributed by atoms with Gasteiger partial charge in [-0.05, 0) is 39.3 Å². The molecule has 0 bridgehead atoms. The molecular formula is C20H23FN4O3S. The maximum absolute atomic E-state index is 14.8. The minimum Gasteiger partial charge on any atom is -0.492 e. The summed E-state index contributed by atoms with van der Waals surface area (Å²) in [6.07, 6.45) is 1.52. The third-order valence-corrected chi connectivity index (χ3v) is 6.26. The van der Waals surface area contributed by atoms with Gasteiger partial charge in [0.2, 0.25) is 10.8 Å². The molecule has 7 nitrogen and oxygen atoms in total. The lowest BCUT2D eigenvalue weighted by molar-refractivity contribution is -0.150. The highest BCUT2D eigenvalue weighted by molar-refractivity contribution is 7.17. The topological polar surface area (TPSA) is 80.0 Å². The summed E-state index contributed by atoms with van der Waals surface area (Å²) in [7, 11) is 0. The van der Waals surface area contributed by atoms with E-state index in [-0.39, 0.29) is 23.6 Å². The number of carbonyl (C=O) groups excluding carboxylic acids is 1. The molecule has 154 valence electrons. The number of likely N-dealkylation sites (tertiary alicyclic amines) is 1. The molecular weight excluding hydrogens is 395 g/mol. The standard InChI is InChI=1S/C20H23FN4O3S/c1-3-28-19(27)13-7-6-10-24(11-13)16(14-8-4-5-9-15(14)21)17-18(26)25-20(29-17)22-12(2)23-25/h4-5,8-9,13,16,26H,3,6-7,10-11H2,1-2H3/t13-,16-/m1/s1. The average Bonchev–Trinajstić information content (AvgIpc) is 3.21. The molecule has 4 rings (SSSR count). The van der Waals surface area contributed by atoms with Crippen molar-refractivity contribution in [2.45, 2.75) is 32.7 Å². The zero-order valence-corrected chi connectivity index (χ0v) is 17.2. The molecule has 9 heteroatoms. The van der Waals surface area contributed by atoms with Gasteiger partial charge in [0.15, 0.2) is 0 Å². The number of esters is 1. The number of aromatic nitrogens is 3. The van der Waals surface area contributed by atoms with Gasteiger partial charge in [0.05, 0.1) is 23.4 Å². The largest absolute Gasteiger partial charge is 0.492 e. The Morgan fingerprint density at radius 1 is 1.45 bits per heavy atom. The minimum absolute atomic E-state index is 0.0443. The van der Waals surface area contributed by atoms with E-state index in [0.29, 0.717) is 40.9 Å². The third kappa shape index (κ3) is 3.72. The molecule has 0 unspecified atom stereocenters. The number of nitrogens with zero attached hydrogens (tertiary/aromatic N) is 4. The SMILES string of the molecule is CCOC(=O)[C@@H]1CCCN([C@H](c2ccccc2F)c2sc3nc(C)nn3c2O)C1. The molecule has 0 radical (unpaired) electrons. The first-order valence-corrected chi connectivity index (χ1v) is 10.5. The fraction of sp³-hybridized carbons (Fsp3) is 0.450. The predicted molar refractivity (Wildman–Crippen MR) is 106 cm³/mol. The number of hydrogen-bond acceptors (Lipinski definition) is 7. The molecule has 1 saturated heterocycles. The molecule has 1 aliphatic heterocycles. The summed E-state index contributed by atoms with van der Waals surface area (Å²) < 4.78 is 21.4. The van der Waals surface area contributed by atoms with E-state index in [1.54, 1.807) is 32.0 Å². The molecule has 0 amide bonds. The Bertz CT molecular complexity index is 1030. The normalized spacial score (nSPS) is 18.8.